The molecule has 0 saturated heterocycles. The van der Waals surface area contributed by atoms with Gasteiger partial charge in [0.2, 0.25) is 0 Å². The Morgan fingerprint density at radius 1 is 1.05 bits per heavy atom. The number of aliphatic imine (C=N–C) groups is 1. The number of rotatable bonds is 3. The standard InChI is InChI=1S/C18H16ClNO/c19-16-8-6-14(7-9-16)18(21)15-10-11-20-17(12-15)13-4-2-1-3-5-13/h1-9,15H,10-12H2. The van der Waals surface area contributed by atoms with Gasteiger partial charge in [0.05, 0.1) is 0 Å². The van der Waals surface area contributed by atoms with E-state index in [9.17, 15) is 4.79 Å². The molecule has 0 radical (unpaired) electrons. The van der Waals surface area contributed by atoms with E-state index in [0.717, 1.165) is 23.3 Å². The summed E-state index contributed by atoms with van der Waals surface area (Å²) in [4.78, 5) is 17.2. The molecule has 1 unspecified atom stereocenters. The number of Topliss-reactive ketones (excluding diaryl/α,β-unsaturated/α-hetero) is 1. The van der Waals surface area contributed by atoms with Gasteiger partial charge in [0.15, 0.2) is 5.78 Å². The third-order valence-electron chi connectivity index (χ3n) is 3.83. The van der Waals surface area contributed by atoms with Crippen molar-refractivity contribution in [3.8, 4) is 0 Å². The molecule has 1 aliphatic rings. The van der Waals surface area contributed by atoms with E-state index < -0.39 is 0 Å². The Labute approximate surface area is 129 Å². The molecule has 3 heteroatoms. The number of ketones is 1. The maximum atomic E-state index is 12.6. The van der Waals surface area contributed by atoms with Crippen molar-refractivity contribution in [1.29, 1.82) is 0 Å². The number of hydrogen-bond donors (Lipinski definition) is 0. The summed E-state index contributed by atoms with van der Waals surface area (Å²) in [5.41, 5.74) is 2.89. The molecular formula is C18H16ClNO. The van der Waals surface area contributed by atoms with Gasteiger partial charge in [-0.15, -0.1) is 0 Å². The predicted molar refractivity (Wildman–Crippen MR) is 86.4 cm³/mol. The lowest BCUT2D eigenvalue weighted by Crippen LogP contribution is -2.24. The lowest BCUT2D eigenvalue weighted by Gasteiger charge is -2.21. The molecule has 2 nitrogen and oxygen atoms in total. The lowest BCUT2D eigenvalue weighted by atomic mass is 9.86. The molecule has 0 aliphatic carbocycles. The third-order valence-corrected chi connectivity index (χ3v) is 4.08. The van der Waals surface area contributed by atoms with E-state index in [1.807, 2.05) is 30.3 Å². The Morgan fingerprint density at radius 2 is 1.76 bits per heavy atom. The van der Waals surface area contributed by atoms with Crippen LogP contribution >= 0.6 is 11.6 Å². The summed E-state index contributed by atoms with van der Waals surface area (Å²) >= 11 is 5.87. The van der Waals surface area contributed by atoms with Gasteiger partial charge in [-0.2, -0.15) is 0 Å². The van der Waals surface area contributed by atoms with E-state index in [-0.39, 0.29) is 11.7 Å². The Hall–Kier alpha value is -1.93. The number of carbonyl (C=O) groups is 1. The van der Waals surface area contributed by atoms with E-state index in [2.05, 4.69) is 4.99 Å². The smallest absolute Gasteiger partial charge is 0.166 e. The molecule has 0 bridgehead atoms. The van der Waals surface area contributed by atoms with Crippen LogP contribution in [0.25, 0.3) is 0 Å². The highest BCUT2D eigenvalue weighted by Crippen LogP contribution is 2.24. The fourth-order valence-corrected chi connectivity index (χ4v) is 2.79. The molecule has 21 heavy (non-hydrogen) atoms. The Morgan fingerprint density at radius 3 is 2.48 bits per heavy atom. The summed E-state index contributed by atoms with van der Waals surface area (Å²) in [5.74, 6) is 0.203. The third kappa shape index (κ3) is 3.22. The fraction of sp³-hybridized carbons (Fsp3) is 0.222. The Kier molecular flexibility index (Phi) is 4.16. The van der Waals surface area contributed by atoms with Gasteiger partial charge in [-0.05, 0) is 42.7 Å². The minimum Gasteiger partial charge on any atom is -0.294 e. The second kappa shape index (κ2) is 6.23. The lowest BCUT2D eigenvalue weighted by molar-refractivity contribution is 0.0916. The first-order valence-corrected chi connectivity index (χ1v) is 7.50. The summed E-state index contributed by atoms with van der Waals surface area (Å²) in [5, 5.41) is 0.654. The average Bonchev–Trinajstić information content (AvgIpc) is 2.56. The first-order valence-electron chi connectivity index (χ1n) is 7.12. The molecule has 1 aliphatic heterocycles. The van der Waals surface area contributed by atoms with Crippen molar-refractivity contribution in [1.82, 2.24) is 0 Å². The highest BCUT2D eigenvalue weighted by molar-refractivity contribution is 6.30. The van der Waals surface area contributed by atoms with E-state index in [0.29, 0.717) is 18.0 Å². The van der Waals surface area contributed by atoms with Crippen LogP contribution in [-0.2, 0) is 0 Å². The minimum atomic E-state index is 0.0129. The number of hydrogen-bond acceptors (Lipinski definition) is 2. The molecule has 0 amide bonds. The average molecular weight is 298 g/mol. The van der Waals surface area contributed by atoms with Crippen LogP contribution in [0.2, 0.25) is 5.02 Å². The Bertz CT molecular complexity index is 661. The minimum absolute atomic E-state index is 0.0129. The normalized spacial score (nSPS) is 18.1. The topological polar surface area (TPSA) is 29.4 Å². The largest absolute Gasteiger partial charge is 0.294 e. The van der Waals surface area contributed by atoms with Crippen LogP contribution in [0.3, 0.4) is 0 Å². The summed E-state index contributed by atoms with van der Waals surface area (Å²) in [6, 6.07) is 17.2. The van der Waals surface area contributed by atoms with Gasteiger partial charge >= 0.3 is 0 Å². The first kappa shape index (κ1) is 14.0. The van der Waals surface area contributed by atoms with Crippen LogP contribution < -0.4 is 0 Å². The van der Waals surface area contributed by atoms with Crippen LogP contribution in [0, 0.1) is 5.92 Å². The predicted octanol–water partition coefficient (Wildman–Crippen LogP) is 4.42. The number of carbonyl (C=O) groups excluding carboxylic acids is 1. The van der Waals surface area contributed by atoms with Gasteiger partial charge < -0.3 is 0 Å². The van der Waals surface area contributed by atoms with E-state index in [1.54, 1.807) is 24.3 Å². The van der Waals surface area contributed by atoms with Gasteiger partial charge in [0, 0.05) is 28.8 Å². The molecule has 2 aromatic carbocycles. The fourth-order valence-electron chi connectivity index (χ4n) is 2.67. The van der Waals surface area contributed by atoms with Crippen molar-refractivity contribution in [3.05, 3.63) is 70.7 Å². The monoisotopic (exact) mass is 297 g/mol. The zero-order valence-electron chi connectivity index (χ0n) is 11.6. The molecule has 3 rings (SSSR count). The number of nitrogens with zero attached hydrogens (tertiary/aromatic N) is 1. The molecule has 0 saturated carbocycles. The second-order valence-electron chi connectivity index (χ2n) is 5.26. The van der Waals surface area contributed by atoms with Crippen molar-refractivity contribution >= 4 is 23.1 Å². The molecule has 1 atom stereocenters. The molecule has 2 aromatic rings. The summed E-state index contributed by atoms with van der Waals surface area (Å²) < 4.78 is 0. The number of halogens is 1. The first-order chi connectivity index (χ1) is 10.2. The second-order valence-corrected chi connectivity index (χ2v) is 5.69. The van der Waals surface area contributed by atoms with Crippen molar-refractivity contribution in [3.63, 3.8) is 0 Å². The van der Waals surface area contributed by atoms with Crippen molar-refractivity contribution in [2.24, 2.45) is 10.9 Å². The molecule has 0 spiro atoms. The van der Waals surface area contributed by atoms with Gasteiger partial charge in [-0.3, -0.25) is 9.79 Å². The van der Waals surface area contributed by atoms with Crippen LogP contribution in [0.4, 0.5) is 0 Å². The van der Waals surface area contributed by atoms with Crippen LogP contribution in [-0.4, -0.2) is 18.0 Å². The molecule has 0 aromatic heterocycles. The Balaban J connectivity index is 1.77. The summed E-state index contributed by atoms with van der Waals surface area (Å²) in [7, 11) is 0. The molecule has 106 valence electrons. The van der Waals surface area contributed by atoms with E-state index in [4.69, 9.17) is 11.6 Å². The summed E-state index contributed by atoms with van der Waals surface area (Å²) in [6.45, 7) is 0.716. The molecule has 1 heterocycles. The van der Waals surface area contributed by atoms with Crippen LogP contribution in [0.15, 0.2) is 59.6 Å². The summed E-state index contributed by atoms with van der Waals surface area (Å²) in [6.07, 6.45) is 1.53. The van der Waals surface area contributed by atoms with Gasteiger partial charge in [-0.25, -0.2) is 0 Å². The maximum Gasteiger partial charge on any atom is 0.166 e. The molecule has 0 fully saturated rings. The SMILES string of the molecule is O=C(c1ccc(Cl)cc1)C1CCN=C(c2ccccc2)C1. The van der Waals surface area contributed by atoms with Crippen molar-refractivity contribution in [2.45, 2.75) is 12.8 Å². The highest BCUT2D eigenvalue weighted by Gasteiger charge is 2.25. The van der Waals surface area contributed by atoms with Crippen LogP contribution in [0.5, 0.6) is 0 Å². The zero-order chi connectivity index (χ0) is 14.7. The van der Waals surface area contributed by atoms with Crippen molar-refractivity contribution in [2.75, 3.05) is 6.54 Å². The maximum absolute atomic E-state index is 12.6. The van der Waals surface area contributed by atoms with E-state index in [1.165, 1.54) is 0 Å². The molecule has 0 N–H and O–H groups in total. The zero-order valence-corrected chi connectivity index (χ0v) is 12.4. The molecular weight excluding hydrogens is 282 g/mol. The van der Waals surface area contributed by atoms with E-state index >= 15 is 0 Å². The van der Waals surface area contributed by atoms with Gasteiger partial charge in [-0.1, -0.05) is 41.9 Å². The van der Waals surface area contributed by atoms with Crippen LogP contribution in [0.1, 0.15) is 28.8 Å². The van der Waals surface area contributed by atoms with Crippen molar-refractivity contribution < 1.29 is 4.79 Å². The highest BCUT2D eigenvalue weighted by atomic mass is 35.5. The van der Waals surface area contributed by atoms with Gasteiger partial charge in [0.1, 0.15) is 0 Å². The quantitative estimate of drug-likeness (QED) is 0.771. The van der Waals surface area contributed by atoms with Gasteiger partial charge in [0.25, 0.3) is 0 Å². The number of benzene rings is 2.